The molecule has 0 radical (unpaired) electrons. The van der Waals surface area contributed by atoms with Crippen LogP contribution in [-0.2, 0) is 28.8 Å². The Labute approximate surface area is 234 Å². The number of aliphatic carboxylic acids is 2. The van der Waals surface area contributed by atoms with Crippen molar-refractivity contribution in [2.75, 3.05) is 27.3 Å². The third-order valence-corrected chi connectivity index (χ3v) is 8.79. The maximum absolute atomic E-state index is 13.7. The highest BCUT2D eigenvalue weighted by Crippen LogP contribution is 2.58. The first-order chi connectivity index (χ1) is 19.5. The van der Waals surface area contributed by atoms with E-state index in [1.165, 1.54) is 26.4 Å². The Morgan fingerprint density at radius 3 is 1.83 bits per heavy atom. The number of imide groups is 2. The normalized spacial score (nSPS) is 28.7. The summed E-state index contributed by atoms with van der Waals surface area (Å²) in [5.74, 6) is -9.19. The van der Waals surface area contributed by atoms with Crippen molar-refractivity contribution in [1.29, 1.82) is 0 Å². The molecule has 4 amide bonds. The van der Waals surface area contributed by atoms with Gasteiger partial charge in [-0.1, -0.05) is 11.6 Å². The van der Waals surface area contributed by atoms with Crippen LogP contribution in [-0.4, -0.2) is 88.0 Å². The van der Waals surface area contributed by atoms with Crippen molar-refractivity contribution in [3.05, 3.63) is 29.3 Å². The molecule has 6 atom stereocenters. The number of benzene rings is 1. The minimum Gasteiger partial charge on any atom is -0.502 e. The number of aromatic hydroxyl groups is 1. The topological polar surface area (TPSA) is 188 Å². The maximum atomic E-state index is 13.7. The summed E-state index contributed by atoms with van der Waals surface area (Å²) in [6.45, 7) is -0.560. The van der Waals surface area contributed by atoms with Crippen molar-refractivity contribution in [3.8, 4) is 17.2 Å². The molecule has 2 aliphatic heterocycles. The van der Waals surface area contributed by atoms with E-state index in [4.69, 9.17) is 14.6 Å². The zero-order valence-electron chi connectivity index (χ0n) is 22.4. The number of likely N-dealkylation sites (tertiary alicyclic amines) is 2. The summed E-state index contributed by atoms with van der Waals surface area (Å²) in [6.07, 6.45) is 1.29. The lowest BCUT2D eigenvalue weighted by Gasteiger charge is -2.44. The average molecular weight is 571 g/mol. The van der Waals surface area contributed by atoms with Gasteiger partial charge in [-0.15, -0.1) is 0 Å². The van der Waals surface area contributed by atoms with Gasteiger partial charge in [-0.3, -0.25) is 38.6 Å². The lowest BCUT2D eigenvalue weighted by molar-refractivity contribution is -0.145. The van der Waals surface area contributed by atoms with Crippen molar-refractivity contribution < 1.29 is 53.6 Å². The molecule has 1 aromatic rings. The fraction of sp³-hybridized carbons (Fsp3) is 0.500. The third-order valence-electron chi connectivity index (χ3n) is 8.79. The van der Waals surface area contributed by atoms with E-state index in [0.29, 0.717) is 11.1 Å². The Morgan fingerprint density at radius 2 is 1.32 bits per heavy atom. The second-order valence-corrected chi connectivity index (χ2v) is 10.7. The maximum Gasteiger partial charge on any atom is 0.305 e. The fourth-order valence-electron chi connectivity index (χ4n) is 7.04. The molecule has 13 nitrogen and oxygen atoms in total. The minimum absolute atomic E-state index is 0.0683. The average Bonchev–Trinajstić information content (AvgIpc) is 3.33. The van der Waals surface area contributed by atoms with Gasteiger partial charge in [0.15, 0.2) is 11.5 Å². The van der Waals surface area contributed by atoms with Crippen LogP contribution in [0.25, 0.3) is 0 Å². The van der Waals surface area contributed by atoms with Crippen LogP contribution in [0.4, 0.5) is 0 Å². The smallest absolute Gasteiger partial charge is 0.305 e. The number of ether oxygens (including phenoxy) is 2. The van der Waals surface area contributed by atoms with Gasteiger partial charge >= 0.3 is 11.9 Å². The summed E-state index contributed by atoms with van der Waals surface area (Å²) < 4.78 is 10.7. The van der Waals surface area contributed by atoms with Crippen molar-refractivity contribution in [2.24, 2.45) is 29.6 Å². The number of rotatable bonds is 9. The summed E-state index contributed by atoms with van der Waals surface area (Å²) >= 11 is 0. The molecule has 3 N–H and O–H groups in total. The molecule has 13 heteroatoms. The molecule has 218 valence electrons. The number of methoxy groups -OCH3 is 2. The number of phenolic OH excluding ortho intramolecular Hbond substituents is 1. The summed E-state index contributed by atoms with van der Waals surface area (Å²) in [4.78, 5) is 78.4. The van der Waals surface area contributed by atoms with Crippen LogP contribution in [0.3, 0.4) is 0 Å². The molecule has 2 saturated heterocycles. The van der Waals surface area contributed by atoms with Gasteiger partial charge in [-0.25, -0.2) is 0 Å². The van der Waals surface area contributed by atoms with E-state index in [2.05, 4.69) is 0 Å². The Kier molecular flexibility index (Phi) is 7.22. The Morgan fingerprint density at radius 1 is 0.805 bits per heavy atom. The van der Waals surface area contributed by atoms with Crippen molar-refractivity contribution in [1.82, 2.24) is 9.80 Å². The predicted octanol–water partition coefficient (Wildman–Crippen LogP) is 0.995. The molecule has 2 heterocycles. The van der Waals surface area contributed by atoms with E-state index in [9.17, 15) is 39.0 Å². The summed E-state index contributed by atoms with van der Waals surface area (Å²) in [5.41, 5.74) is 1.17. The van der Waals surface area contributed by atoms with Gasteiger partial charge in [0.2, 0.25) is 29.4 Å². The highest BCUT2D eigenvalue weighted by atomic mass is 16.5. The molecule has 41 heavy (non-hydrogen) atoms. The van der Waals surface area contributed by atoms with Crippen LogP contribution in [0, 0.1) is 29.6 Å². The quantitative estimate of drug-likeness (QED) is 0.284. The largest absolute Gasteiger partial charge is 0.502 e. The van der Waals surface area contributed by atoms with Gasteiger partial charge in [0, 0.05) is 19.0 Å². The van der Waals surface area contributed by atoms with E-state index in [1.807, 2.05) is 6.08 Å². The molecule has 1 aromatic carbocycles. The van der Waals surface area contributed by atoms with Gasteiger partial charge < -0.3 is 24.8 Å². The molecule has 0 bridgehead atoms. The summed E-state index contributed by atoms with van der Waals surface area (Å²) in [7, 11) is 2.70. The molecule has 2 aliphatic carbocycles. The number of allylic oxidation sites excluding steroid dienone is 2. The molecular weight excluding hydrogens is 540 g/mol. The number of phenols is 1. The first-order valence-corrected chi connectivity index (χ1v) is 13.3. The number of nitrogens with zero attached hydrogens (tertiary/aromatic N) is 2. The van der Waals surface area contributed by atoms with E-state index >= 15 is 0 Å². The molecule has 0 aromatic heterocycles. The first kappa shape index (κ1) is 28.1. The number of carbonyl (C=O) groups excluding carboxylic acids is 4. The predicted molar refractivity (Wildman–Crippen MR) is 137 cm³/mol. The molecule has 6 unspecified atom stereocenters. The van der Waals surface area contributed by atoms with Gasteiger partial charge in [-0.05, 0) is 36.5 Å². The SMILES string of the molecule is COc1cc(C2C3=CCC4C(=O)N(CCC(=O)O)C(=O)C4C3CC3C(=O)N(CCC(=O)O)C(=O)C32)cc(OC)c1O. The third kappa shape index (κ3) is 4.49. The zero-order chi connectivity index (χ0) is 29.7. The van der Waals surface area contributed by atoms with Crippen molar-refractivity contribution in [2.45, 2.75) is 31.6 Å². The standard InChI is InChI=1S/C28H30N2O11/c1-40-17-9-12(10-18(41-2)24(17)35)21-13-3-4-14-22(27(38)29(25(14)36)7-5-19(31)32)15(13)11-16-23(21)28(39)30(26(16)37)8-6-20(33)34/h3,9-10,14-16,21-23,35H,4-8,11H2,1-2H3,(H,31,32)(H,33,34). The fourth-order valence-corrected chi connectivity index (χ4v) is 7.04. The van der Waals surface area contributed by atoms with Crippen molar-refractivity contribution in [3.63, 3.8) is 0 Å². The second kappa shape index (κ2) is 10.5. The number of carboxylic acids is 2. The van der Waals surface area contributed by atoms with Crippen LogP contribution in [0.1, 0.15) is 37.2 Å². The van der Waals surface area contributed by atoms with Crippen LogP contribution < -0.4 is 9.47 Å². The molecule has 5 rings (SSSR count). The minimum atomic E-state index is -1.17. The van der Waals surface area contributed by atoms with Gasteiger partial charge in [0.25, 0.3) is 0 Å². The number of carboxylic acid groups (broad SMARTS) is 2. The Balaban J connectivity index is 1.61. The van der Waals surface area contributed by atoms with Gasteiger partial charge in [-0.2, -0.15) is 0 Å². The number of hydrogen-bond acceptors (Lipinski definition) is 9. The molecule has 4 aliphatic rings. The lowest BCUT2D eigenvalue weighted by atomic mass is 9.57. The Bertz CT molecular complexity index is 1360. The molecular formula is C28H30N2O11. The van der Waals surface area contributed by atoms with Crippen LogP contribution >= 0.6 is 0 Å². The van der Waals surface area contributed by atoms with E-state index in [1.54, 1.807) is 0 Å². The lowest BCUT2D eigenvalue weighted by Crippen LogP contribution is -2.43. The van der Waals surface area contributed by atoms with E-state index in [-0.39, 0.29) is 43.2 Å². The monoisotopic (exact) mass is 570 g/mol. The summed E-state index contributed by atoms with van der Waals surface area (Å²) in [5, 5.41) is 28.8. The molecule has 0 spiro atoms. The van der Waals surface area contributed by atoms with Crippen molar-refractivity contribution >= 4 is 35.6 Å². The van der Waals surface area contributed by atoms with Crippen LogP contribution in [0.15, 0.2) is 23.8 Å². The summed E-state index contributed by atoms with van der Waals surface area (Å²) in [6, 6.07) is 3.07. The molecule has 3 fully saturated rings. The number of fused-ring (bicyclic) bond motifs is 4. The Hall–Kier alpha value is -4.42. The first-order valence-electron chi connectivity index (χ1n) is 13.3. The highest BCUT2D eigenvalue weighted by molar-refractivity contribution is 6.08. The van der Waals surface area contributed by atoms with E-state index < -0.39 is 83.9 Å². The molecule has 1 saturated carbocycles. The van der Waals surface area contributed by atoms with Crippen LogP contribution in [0.5, 0.6) is 17.2 Å². The van der Waals surface area contributed by atoms with Crippen LogP contribution in [0.2, 0.25) is 0 Å². The number of amides is 4. The highest BCUT2D eigenvalue weighted by Gasteiger charge is 2.61. The number of hydrogen-bond donors (Lipinski definition) is 3. The second-order valence-electron chi connectivity index (χ2n) is 10.7. The number of carbonyl (C=O) groups is 6. The van der Waals surface area contributed by atoms with Gasteiger partial charge in [0.05, 0.1) is 50.7 Å². The van der Waals surface area contributed by atoms with Gasteiger partial charge in [0.1, 0.15) is 0 Å². The van der Waals surface area contributed by atoms with E-state index in [0.717, 1.165) is 9.80 Å². The zero-order valence-corrected chi connectivity index (χ0v) is 22.4.